The van der Waals surface area contributed by atoms with Gasteiger partial charge in [-0.1, -0.05) is 13.3 Å². The number of rotatable bonds is 6. The Balaban J connectivity index is 1.93. The molecular weight excluding hydrogens is 262 g/mol. The Morgan fingerprint density at radius 2 is 2.37 bits per heavy atom. The minimum absolute atomic E-state index is 0.0280. The zero-order valence-corrected chi connectivity index (χ0v) is 12.3. The third kappa shape index (κ3) is 3.54. The zero-order chi connectivity index (χ0) is 13.8. The van der Waals surface area contributed by atoms with Gasteiger partial charge in [-0.25, -0.2) is 4.79 Å². The highest BCUT2D eigenvalue weighted by Crippen LogP contribution is 2.30. The van der Waals surface area contributed by atoms with Gasteiger partial charge in [0.05, 0.1) is 0 Å². The van der Waals surface area contributed by atoms with Gasteiger partial charge in [0.1, 0.15) is 5.76 Å². The van der Waals surface area contributed by atoms with Crippen molar-refractivity contribution in [2.75, 3.05) is 5.75 Å². The molecule has 0 bridgehead atoms. The molecule has 1 aliphatic carbocycles. The molecule has 0 spiro atoms. The fourth-order valence-electron chi connectivity index (χ4n) is 2.61. The number of furan rings is 1. The molecule has 0 aliphatic heterocycles. The van der Waals surface area contributed by atoms with E-state index in [4.69, 9.17) is 9.52 Å². The lowest BCUT2D eigenvalue weighted by molar-refractivity contribution is 0.0661. The number of aromatic carboxylic acids is 1. The van der Waals surface area contributed by atoms with Gasteiger partial charge in [0.15, 0.2) is 0 Å². The fourth-order valence-corrected chi connectivity index (χ4v) is 3.84. The quantitative estimate of drug-likeness (QED) is 0.840. The standard InChI is InChI=1S/C14H21NO3S/c1-3-19-13-6-4-5-11(13)15-8-10-7-12(14(16)17)18-9(10)2/h7,11,13,15H,3-6,8H2,1-2H3,(H,16,17). The van der Waals surface area contributed by atoms with E-state index in [-0.39, 0.29) is 5.76 Å². The zero-order valence-electron chi connectivity index (χ0n) is 11.4. The molecule has 4 nitrogen and oxygen atoms in total. The topological polar surface area (TPSA) is 62.5 Å². The Morgan fingerprint density at radius 1 is 1.58 bits per heavy atom. The number of nitrogens with one attached hydrogen (secondary N) is 1. The van der Waals surface area contributed by atoms with Crippen LogP contribution in [0, 0.1) is 6.92 Å². The molecule has 0 radical (unpaired) electrons. The van der Waals surface area contributed by atoms with E-state index in [2.05, 4.69) is 12.2 Å². The van der Waals surface area contributed by atoms with Crippen molar-refractivity contribution in [3.8, 4) is 0 Å². The summed E-state index contributed by atoms with van der Waals surface area (Å²) >= 11 is 2.02. The number of carbonyl (C=O) groups is 1. The minimum Gasteiger partial charge on any atom is -0.475 e. The van der Waals surface area contributed by atoms with Crippen molar-refractivity contribution in [2.45, 2.75) is 50.9 Å². The average Bonchev–Trinajstić information content (AvgIpc) is 2.94. The van der Waals surface area contributed by atoms with E-state index in [9.17, 15) is 4.79 Å². The van der Waals surface area contributed by atoms with Crippen LogP contribution in [0.1, 0.15) is 48.1 Å². The van der Waals surface area contributed by atoms with Gasteiger partial charge in [-0.2, -0.15) is 11.8 Å². The van der Waals surface area contributed by atoms with Crippen molar-refractivity contribution in [2.24, 2.45) is 0 Å². The molecule has 2 N–H and O–H groups in total. The molecule has 1 heterocycles. The van der Waals surface area contributed by atoms with Gasteiger partial charge in [-0.05, 0) is 31.6 Å². The van der Waals surface area contributed by atoms with Crippen LogP contribution in [-0.4, -0.2) is 28.1 Å². The van der Waals surface area contributed by atoms with Crippen LogP contribution < -0.4 is 5.32 Å². The average molecular weight is 283 g/mol. The fraction of sp³-hybridized carbons (Fsp3) is 0.643. The third-order valence-corrected chi connectivity index (χ3v) is 4.95. The Kier molecular flexibility index (Phi) is 4.93. The number of carboxylic acid groups (broad SMARTS) is 1. The number of aryl methyl sites for hydroxylation is 1. The van der Waals surface area contributed by atoms with Gasteiger partial charge < -0.3 is 14.8 Å². The van der Waals surface area contributed by atoms with Gasteiger partial charge >= 0.3 is 5.97 Å². The maximum atomic E-state index is 10.8. The molecule has 2 atom stereocenters. The first-order chi connectivity index (χ1) is 9.11. The summed E-state index contributed by atoms with van der Waals surface area (Å²) in [4.78, 5) is 10.8. The number of carboxylic acids is 1. The Labute approximate surface area is 117 Å². The molecule has 0 saturated heterocycles. The van der Waals surface area contributed by atoms with Crippen LogP contribution >= 0.6 is 11.8 Å². The second kappa shape index (κ2) is 6.48. The van der Waals surface area contributed by atoms with E-state index in [0.717, 1.165) is 11.3 Å². The second-order valence-electron chi connectivity index (χ2n) is 4.91. The summed E-state index contributed by atoms with van der Waals surface area (Å²) in [6.45, 7) is 4.70. The van der Waals surface area contributed by atoms with Gasteiger partial charge in [0.25, 0.3) is 0 Å². The highest BCUT2D eigenvalue weighted by Gasteiger charge is 2.27. The maximum absolute atomic E-state index is 10.8. The first-order valence-electron chi connectivity index (χ1n) is 6.79. The first-order valence-corrected chi connectivity index (χ1v) is 7.84. The molecule has 1 aliphatic rings. The van der Waals surface area contributed by atoms with E-state index < -0.39 is 5.97 Å². The second-order valence-corrected chi connectivity index (χ2v) is 6.43. The van der Waals surface area contributed by atoms with E-state index in [1.165, 1.54) is 19.3 Å². The minimum atomic E-state index is -1.00. The van der Waals surface area contributed by atoms with Crippen LogP contribution in [0.25, 0.3) is 0 Å². The van der Waals surface area contributed by atoms with Gasteiger partial charge in [0.2, 0.25) is 5.76 Å². The third-order valence-electron chi connectivity index (χ3n) is 3.62. The number of thioether (sulfide) groups is 1. The van der Waals surface area contributed by atoms with Gasteiger partial charge in [-0.15, -0.1) is 0 Å². The molecule has 1 fully saturated rings. The Bertz CT molecular complexity index is 444. The summed E-state index contributed by atoms with van der Waals surface area (Å²) < 4.78 is 5.22. The molecule has 0 amide bonds. The van der Waals surface area contributed by atoms with Crippen LogP contribution in [0.15, 0.2) is 10.5 Å². The highest BCUT2D eigenvalue weighted by atomic mass is 32.2. The van der Waals surface area contributed by atoms with E-state index in [0.29, 0.717) is 23.6 Å². The van der Waals surface area contributed by atoms with Crippen molar-refractivity contribution in [1.29, 1.82) is 0 Å². The molecule has 1 aromatic heterocycles. The van der Waals surface area contributed by atoms with Crippen molar-refractivity contribution >= 4 is 17.7 Å². The van der Waals surface area contributed by atoms with Crippen LogP contribution in [0.5, 0.6) is 0 Å². The number of hydrogen-bond acceptors (Lipinski definition) is 4. The molecule has 1 aromatic rings. The lowest BCUT2D eigenvalue weighted by atomic mass is 10.2. The lowest BCUT2D eigenvalue weighted by Crippen LogP contribution is -2.33. The van der Waals surface area contributed by atoms with E-state index in [1.807, 2.05) is 18.7 Å². The van der Waals surface area contributed by atoms with Crippen LogP contribution in [0.3, 0.4) is 0 Å². The van der Waals surface area contributed by atoms with Crippen LogP contribution in [-0.2, 0) is 6.54 Å². The molecule has 2 rings (SSSR count). The highest BCUT2D eigenvalue weighted by molar-refractivity contribution is 7.99. The summed E-state index contributed by atoms with van der Waals surface area (Å²) in [7, 11) is 0. The first kappa shape index (κ1) is 14.5. The molecular formula is C14H21NO3S. The van der Waals surface area contributed by atoms with Gasteiger partial charge in [-0.3, -0.25) is 0 Å². The summed E-state index contributed by atoms with van der Waals surface area (Å²) in [5, 5.41) is 13.1. The summed E-state index contributed by atoms with van der Waals surface area (Å²) in [5.41, 5.74) is 0.949. The van der Waals surface area contributed by atoms with Crippen molar-refractivity contribution < 1.29 is 14.3 Å². The molecule has 19 heavy (non-hydrogen) atoms. The largest absolute Gasteiger partial charge is 0.475 e. The summed E-state index contributed by atoms with van der Waals surface area (Å²) in [5.74, 6) is 0.869. The Hall–Kier alpha value is -0.940. The SMILES string of the molecule is CCSC1CCCC1NCc1cc(C(=O)O)oc1C. The van der Waals surface area contributed by atoms with Crippen LogP contribution in [0.4, 0.5) is 0 Å². The molecule has 0 aromatic carbocycles. The van der Waals surface area contributed by atoms with Crippen LogP contribution in [0.2, 0.25) is 0 Å². The van der Waals surface area contributed by atoms with Crippen molar-refractivity contribution in [3.05, 3.63) is 23.2 Å². The molecule has 1 saturated carbocycles. The molecule has 2 unspecified atom stereocenters. The van der Waals surface area contributed by atoms with E-state index >= 15 is 0 Å². The van der Waals surface area contributed by atoms with E-state index in [1.54, 1.807) is 6.07 Å². The predicted octanol–water partition coefficient (Wildman–Crippen LogP) is 3.05. The smallest absolute Gasteiger partial charge is 0.371 e. The monoisotopic (exact) mass is 283 g/mol. The normalized spacial score (nSPS) is 22.8. The van der Waals surface area contributed by atoms with Gasteiger partial charge in [0, 0.05) is 23.4 Å². The van der Waals surface area contributed by atoms with Crippen molar-refractivity contribution in [1.82, 2.24) is 5.32 Å². The summed E-state index contributed by atoms with van der Waals surface area (Å²) in [6.07, 6.45) is 3.77. The summed E-state index contributed by atoms with van der Waals surface area (Å²) in [6, 6.07) is 2.16. The molecule has 5 heteroatoms. The number of hydrogen-bond donors (Lipinski definition) is 2. The lowest BCUT2D eigenvalue weighted by Gasteiger charge is -2.19. The predicted molar refractivity (Wildman–Crippen MR) is 76.8 cm³/mol. The Morgan fingerprint density at radius 3 is 3.00 bits per heavy atom. The maximum Gasteiger partial charge on any atom is 0.371 e. The van der Waals surface area contributed by atoms with Crippen molar-refractivity contribution in [3.63, 3.8) is 0 Å². The molecule has 106 valence electrons.